The first kappa shape index (κ1) is 15.5. The molecule has 0 aromatic heterocycles. The van der Waals surface area contributed by atoms with E-state index < -0.39 is 0 Å². The van der Waals surface area contributed by atoms with Crippen molar-refractivity contribution < 1.29 is 9.13 Å². The van der Waals surface area contributed by atoms with E-state index in [-0.39, 0.29) is 5.82 Å². The smallest absolute Gasteiger partial charge is 0.178 e. The molecule has 0 spiro atoms. The third kappa shape index (κ3) is 2.98. The predicted molar refractivity (Wildman–Crippen MR) is 94.2 cm³/mol. The fourth-order valence-corrected chi connectivity index (χ4v) is 3.81. The van der Waals surface area contributed by atoms with Crippen molar-refractivity contribution in [1.82, 2.24) is 5.32 Å². The Hall–Kier alpha value is -2.07. The van der Waals surface area contributed by atoms with E-state index in [1.807, 2.05) is 6.07 Å². The van der Waals surface area contributed by atoms with Crippen LogP contribution in [-0.4, -0.2) is 26.2 Å². The van der Waals surface area contributed by atoms with Crippen LogP contribution >= 0.6 is 0 Å². The molecule has 126 valence electrons. The molecule has 0 amide bonds. The van der Waals surface area contributed by atoms with Gasteiger partial charge in [0.25, 0.3) is 0 Å². The van der Waals surface area contributed by atoms with Crippen LogP contribution in [0.15, 0.2) is 42.5 Å². The molecule has 1 atom stereocenters. The lowest BCUT2D eigenvalue weighted by Crippen LogP contribution is -2.34. The summed E-state index contributed by atoms with van der Waals surface area (Å²) in [6.07, 6.45) is 3.02. The first-order valence-electron chi connectivity index (χ1n) is 8.80. The van der Waals surface area contributed by atoms with Crippen molar-refractivity contribution in [2.75, 3.05) is 31.1 Å². The van der Waals surface area contributed by atoms with E-state index in [0.29, 0.717) is 18.4 Å². The zero-order valence-electron chi connectivity index (χ0n) is 13.8. The second kappa shape index (κ2) is 6.81. The normalized spacial score (nSPS) is 19.9. The topological polar surface area (TPSA) is 24.5 Å². The average molecular weight is 326 g/mol. The molecule has 3 nitrogen and oxygen atoms in total. The number of benzene rings is 2. The average Bonchev–Trinajstić information content (AvgIpc) is 2.83. The molecular formula is C20H23FN2O. The van der Waals surface area contributed by atoms with Gasteiger partial charge in [-0.3, -0.25) is 0 Å². The molecule has 0 aliphatic carbocycles. The van der Waals surface area contributed by atoms with Crippen LogP contribution in [0.2, 0.25) is 0 Å². The lowest BCUT2D eigenvalue weighted by molar-refractivity contribution is 0.306. The number of hydrogen-bond donors (Lipinski definition) is 1. The largest absolute Gasteiger partial charge is 0.488 e. The maximum absolute atomic E-state index is 14.1. The zero-order valence-corrected chi connectivity index (χ0v) is 13.8. The van der Waals surface area contributed by atoms with E-state index in [4.69, 9.17) is 4.74 Å². The molecule has 4 heteroatoms. The van der Waals surface area contributed by atoms with Crippen LogP contribution in [-0.2, 0) is 6.42 Å². The first-order chi connectivity index (χ1) is 11.8. The zero-order chi connectivity index (χ0) is 16.4. The van der Waals surface area contributed by atoms with Gasteiger partial charge in [-0.05, 0) is 49.1 Å². The molecule has 1 N–H and O–H groups in total. The molecule has 4 rings (SSSR count). The van der Waals surface area contributed by atoms with Crippen molar-refractivity contribution in [3.05, 3.63) is 59.4 Å². The Labute approximate surface area is 142 Å². The van der Waals surface area contributed by atoms with Gasteiger partial charge in [0, 0.05) is 19.1 Å². The molecule has 2 aromatic rings. The predicted octanol–water partition coefficient (Wildman–Crippen LogP) is 3.69. The molecule has 2 aromatic carbocycles. The first-order valence-corrected chi connectivity index (χ1v) is 8.80. The Morgan fingerprint density at radius 3 is 3.04 bits per heavy atom. The van der Waals surface area contributed by atoms with Gasteiger partial charge in [0.2, 0.25) is 0 Å². The Kier molecular flexibility index (Phi) is 4.39. The van der Waals surface area contributed by atoms with E-state index in [2.05, 4.69) is 34.5 Å². The molecule has 0 bridgehead atoms. The van der Waals surface area contributed by atoms with Gasteiger partial charge in [0.05, 0.1) is 12.3 Å². The highest BCUT2D eigenvalue weighted by Crippen LogP contribution is 2.34. The van der Waals surface area contributed by atoms with Crippen molar-refractivity contribution in [1.29, 1.82) is 0 Å². The Morgan fingerprint density at radius 1 is 1.17 bits per heavy atom. The number of ether oxygens (including phenoxy) is 1. The molecule has 24 heavy (non-hydrogen) atoms. The fraction of sp³-hybridized carbons (Fsp3) is 0.400. The van der Waals surface area contributed by atoms with Gasteiger partial charge >= 0.3 is 0 Å². The number of halogens is 1. The van der Waals surface area contributed by atoms with Crippen molar-refractivity contribution in [3.8, 4) is 5.75 Å². The third-order valence-corrected chi connectivity index (χ3v) is 5.01. The number of hydrogen-bond acceptors (Lipinski definition) is 3. The molecular weight excluding hydrogens is 303 g/mol. The minimum atomic E-state index is -0.263. The Morgan fingerprint density at radius 2 is 2.08 bits per heavy atom. The minimum Gasteiger partial charge on any atom is -0.488 e. The summed E-state index contributed by atoms with van der Waals surface area (Å²) >= 11 is 0. The third-order valence-electron chi connectivity index (χ3n) is 5.01. The number of nitrogens with one attached hydrogen (secondary N) is 1. The van der Waals surface area contributed by atoms with E-state index in [9.17, 15) is 4.39 Å². The highest BCUT2D eigenvalue weighted by atomic mass is 19.1. The number of anilines is 1. The van der Waals surface area contributed by atoms with E-state index in [1.54, 1.807) is 6.07 Å². The second-order valence-corrected chi connectivity index (χ2v) is 6.52. The fourth-order valence-electron chi connectivity index (χ4n) is 3.81. The summed E-state index contributed by atoms with van der Waals surface area (Å²) in [5, 5.41) is 3.63. The summed E-state index contributed by atoms with van der Waals surface area (Å²) in [7, 11) is 0. The summed E-state index contributed by atoms with van der Waals surface area (Å²) in [6, 6.07) is 14.3. The van der Waals surface area contributed by atoms with E-state index >= 15 is 0 Å². The quantitative estimate of drug-likeness (QED) is 0.931. The number of fused-ring (bicyclic) bond motifs is 2. The molecule has 0 saturated heterocycles. The Bertz CT molecular complexity index is 719. The van der Waals surface area contributed by atoms with Gasteiger partial charge in [0.15, 0.2) is 11.6 Å². The molecule has 0 fully saturated rings. The van der Waals surface area contributed by atoms with Gasteiger partial charge in [-0.25, -0.2) is 4.39 Å². The van der Waals surface area contributed by atoms with Crippen molar-refractivity contribution in [2.45, 2.75) is 25.3 Å². The van der Waals surface area contributed by atoms with Gasteiger partial charge in [-0.2, -0.15) is 0 Å². The number of rotatable bonds is 3. The van der Waals surface area contributed by atoms with Gasteiger partial charge in [-0.15, -0.1) is 0 Å². The number of para-hydroxylation sites is 1. The summed E-state index contributed by atoms with van der Waals surface area (Å²) in [5.41, 5.74) is 3.75. The summed E-state index contributed by atoms with van der Waals surface area (Å²) in [4.78, 5) is 2.27. The highest BCUT2D eigenvalue weighted by molar-refractivity contribution is 5.59. The van der Waals surface area contributed by atoms with Crippen molar-refractivity contribution in [3.63, 3.8) is 0 Å². The minimum absolute atomic E-state index is 0.263. The second-order valence-electron chi connectivity index (χ2n) is 6.52. The SMILES string of the molecule is Fc1cccc2c1OCCCN2CCC1NCCc2ccccc21. The van der Waals surface area contributed by atoms with Crippen LogP contribution in [0.1, 0.15) is 30.0 Å². The summed E-state index contributed by atoms with van der Waals surface area (Å²) < 4.78 is 19.7. The molecule has 0 radical (unpaired) electrons. The number of nitrogens with zero attached hydrogens (tertiary/aromatic N) is 1. The van der Waals surface area contributed by atoms with Crippen molar-refractivity contribution >= 4 is 5.69 Å². The van der Waals surface area contributed by atoms with Gasteiger partial charge in [0.1, 0.15) is 0 Å². The van der Waals surface area contributed by atoms with Gasteiger partial charge < -0.3 is 15.0 Å². The van der Waals surface area contributed by atoms with Crippen LogP contribution < -0.4 is 15.0 Å². The molecule has 2 aliphatic rings. The molecule has 0 saturated carbocycles. The monoisotopic (exact) mass is 326 g/mol. The van der Waals surface area contributed by atoms with Crippen molar-refractivity contribution in [2.24, 2.45) is 0 Å². The summed E-state index contributed by atoms with van der Waals surface area (Å²) in [5.74, 6) is 0.146. The maximum atomic E-state index is 14.1. The molecule has 2 heterocycles. The van der Waals surface area contributed by atoms with Crippen LogP contribution in [0, 0.1) is 5.82 Å². The van der Waals surface area contributed by atoms with Crippen LogP contribution in [0.3, 0.4) is 0 Å². The van der Waals surface area contributed by atoms with Crippen LogP contribution in [0.4, 0.5) is 10.1 Å². The highest BCUT2D eigenvalue weighted by Gasteiger charge is 2.23. The van der Waals surface area contributed by atoms with Gasteiger partial charge in [-0.1, -0.05) is 30.3 Å². The standard InChI is InChI=1S/C20H23FN2O/c21-17-7-3-8-19-20(17)24-14-4-12-23(19)13-10-18-16-6-2-1-5-15(16)9-11-22-18/h1-3,5-8,18,22H,4,9-14H2. The maximum Gasteiger partial charge on any atom is 0.178 e. The lowest BCUT2D eigenvalue weighted by Gasteiger charge is -2.30. The lowest BCUT2D eigenvalue weighted by atomic mass is 9.92. The van der Waals surface area contributed by atoms with Crippen LogP contribution in [0.5, 0.6) is 5.75 Å². The Balaban J connectivity index is 1.52. The summed E-state index contributed by atoms with van der Waals surface area (Å²) in [6.45, 7) is 3.40. The van der Waals surface area contributed by atoms with Crippen LogP contribution in [0.25, 0.3) is 0 Å². The van der Waals surface area contributed by atoms with E-state index in [1.165, 1.54) is 17.2 Å². The molecule has 2 aliphatic heterocycles. The molecule has 1 unspecified atom stereocenters. The van der Waals surface area contributed by atoms with E-state index in [0.717, 1.165) is 44.6 Å².